The molecule has 0 spiro atoms. The van der Waals surface area contributed by atoms with Crippen LogP contribution < -0.4 is 5.32 Å². The number of aryl methyl sites for hydroxylation is 1. The van der Waals surface area contributed by atoms with E-state index in [0.29, 0.717) is 6.61 Å². The molecule has 2 aromatic rings. The van der Waals surface area contributed by atoms with E-state index in [9.17, 15) is 13.2 Å². The molecule has 1 heterocycles. The molecule has 0 radical (unpaired) electrons. The van der Waals surface area contributed by atoms with Crippen molar-refractivity contribution in [3.05, 3.63) is 65.7 Å². The number of rotatable bonds is 5. The van der Waals surface area contributed by atoms with Crippen LogP contribution in [0.2, 0.25) is 0 Å². The first-order valence-electron chi connectivity index (χ1n) is 9.77. The highest BCUT2D eigenvalue weighted by molar-refractivity contribution is 7.85. The van der Waals surface area contributed by atoms with Crippen LogP contribution in [0.5, 0.6) is 0 Å². The molecule has 0 unspecified atom stereocenters. The van der Waals surface area contributed by atoms with Gasteiger partial charge in [-0.15, -0.1) is 0 Å². The van der Waals surface area contributed by atoms with Gasteiger partial charge in [-0.25, -0.2) is 0 Å². The Kier molecular flexibility index (Phi) is 8.37. The number of carbonyl (C=O) groups excluding carboxylic acids is 1. The summed E-state index contributed by atoms with van der Waals surface area (Å²) in [6, 6.07) is 16.0. The summed E-state index contributed by atoms with van der Waals surface area (Å²) in [4.78, 5) is 12.4. The quantitative estimate of drug-likeness (QED) is 0.569. The standard InChI is InChI=1S/C15H21NO2.C7H8O3S/c1-2-12-18-14(17)15(8-10-16-11-9-15)13-6-4-3-5-7-13;1-6-2-4-7(5-3-6)11(8,9)10/h3-7,16H,2,8-12H2,1H3;2-5H,1H3,(H,8,9,10). The Balaban J connectivity index is 0.000000234. The van der Waals surface area contributed by atoms with Gasteiger partial charge in [0.2, 0.25) is 0 Å². The van der Waals surface area contributed by atoms with Crippen molar-refractivity contribution in [3.63, 3.8) is 0 Å². The molecule has 158 valence electrons. The molecular formula is C22H29NO5S. The van der Waals surface area contributed by atoms with Gasteiger partial charge in [0, 0.05) is 0 Å². The van der Waals surface area contributed by atoms with Crippen molar-refractivity contribution >= 4 is 16.1 Å². The fourth-order valence-electron chi connectivity index (χ4n) is 3.26. The van der Waals surface area contributed by atoms with Crippen LogP contribution in [0.4, 0.5) is 0 Å². The molecule has 2 N–H and O–H groups in total. The maximum atomic E-state index is 12.4. The molecule has 7 heteroatoms. The predicted octanol–water partition coefficient (Wildman–Crippen LogP) is 3.50. The molecule has 1 saturated heterocycles. The highest BCUT2D eigenvalue weighted by Crippen LogP contribution is 2.34. The van der Waals surface area contributed by atoms with Gasteiger partial charge in [0.15, 0.2) is 0 Å². The monoisotopic (exact) mass is 419 g/mol. The number of carbonyl (C=O) groups is 1. The summed E-state index contributed by atoms with van der Waals surface area (Å²) >= 11 is 0. The van der Waals surface area contributed by atoms with Crippen molar-refractivity contribution in [2.75, 3.05) is 19.7 Å². The van der Waals surface area contributed by atoms with E-state index in [4.69, 9.17) is 9.29 Å². The lowest BCUT2D eigenvalue weighted by Gasteiger charge is -2.35. The van der Waals surface area contributed by atoms with E-state index in [2.05, 4.69) is 5.32 Å². The number of esters is 1. The number of hydrogen-bond acceptors (Lipinski definition) is 5. The second kappa shape index (κ2) is 10.5. The minimum Gasteiger partial charge on any atom is -0.465 e. The smallest absolute Gasteiger partial charge is 0.316 e. The molecule has 2 aromatic carbocycles. The summed E-state index contributed by atoms with van der Waals surface area (Å²) in [5.41, 5.74) is 1.60. The van der Waals surface area contributed by atoms with Gasteiger partial charge in [-0.3, -0.25) is 9.35 Å². The largest absolute Gasteiger partial charge is 0.465 e. The molecule has 0 atom stereocenters. The van der Waals surface area contributed by atoms with E-state index in [0.717, 1.165) is 43.5 Å². The van der Waals surface area contributed by atoms with Crippen LogP contribution in [0.3, 0.4) is 0 Å². The topological polar surface area (TPSA) is 92.7 Å². The van der Waals surface area contributed by atoms with Crippen LogP contribution >= 0.6 is 0 Å². The first kappa shape index (κ1) is 23.1. The predicted molar refractivity (Wildman–Crippen MR) is 112 cm³/mol. The number of ether oxygens (including phenoxy) is 1. The lowest BCUT2D eigenvalue weighted by atomic mass is 9.73. The molecule has 1 fully saturated rings. The third-order valence-corrected chi connectivity index (χ3v) is 5.80. The second-order valence-corrected chi connectivity index (χ2v) is 8.54. The molecule has 29 heavy (non-hydrogen) atoms. The Morgan fingerprint density at radius 2 is 1.66 bits per heavy atom. The van der Waals surface area contributed by atoms with Crippen molar-refractivity contribution in [1.82, 2.24) is 5.32 Å². The minimum atomic E-state index is -4.02. The molecule has 0 saturated carbocycles. The fraction of sp³-hybridized carbons (Fsp3) is 0.409. The Morgan fingerprint density at radius 1 is 1.07 bits per heavy atom. The second-order valence-electron chi connectivity index (χ2n) is 7.12. The van der Waals surface area contributed by atoms with E-state index in [1.54, 1.807) is 12.1 Å². The molecular weight excluding hydrogens is 390 g/mol. The summed E-state index contributed by atoms with van der Waals surface area (Å²) < 4.78 is 35.0. The Labute approximate surface area is 173 Å². The van der Waals surface area contributed by atoms with E-state index in [1.807, 2.05) is 44.2 Å². The molecule has 0 aliphatic carbocycles. The van der Waals surface area contributed by atoms with Gasteiger partial charge in [0.1, 0.15) is 0 Å². The lowest BCUT2D eigenvalue weighted by Crippen LogP contribution is -2.46. The minimum absolute atomic E-state index is 0.0583. The number of benzene rings is 2. The maximum Gasteiger partial charge on any atom is 0.316 e. The van der Waals surface area contributed by atoms with Crippen molar-refractivity contribution in [3.8, 4) is 0 Å². The van der Waals surface area contributed by atoms with Gasteiger partial charge in [-0.05, 0) is 57.0 Å². The summed E-state index contributed by atoms with van der Waals surface area (Å²) in [7, 11) is -4.02. The third-order valence-electron chi connectivity index (χ3n) is 4.93. The highest BCUT2D eigenvalue weighted by atomic mass is 32.2. The van der Waals surface area contributed by atoms with Gasteiger partial charge >= 0.3 is 5.97 Å². The molecule has 1 aliphatic rings. The Morgan fingerprint density at radius 3 is 2.17 bits per heavy atom. The normalized spacial score (nSPS) is 15.7. The van der Waals surface area contributed by atoms with Crippen molar-refractivity contribution < 1.29 is 22.5 Å². The van der Waals surface area contributed by atoms with Crippen LogP contribution in [-0.4, -0.2) is 38.6 Å². The van der Waals surface area contributed by atoms with Crippen molar-refractivity contribution in [2.45, 2.75) is 43.4 Å². The zero-order chi connectivity index (χ0) is 21.3. The number of hydrogen-bond donors (Lipinski definition) is 2. The van der Waals surface area contributed by atoms with Gasteiger partial charge in [0.05, 0.1) is 16.9 Å². The van der Waals surface area contributed by atoms with Crippen molar-refractivity contribution in [2.24, 2.45) is 0 Å². The maximum absolute atomic E-state index is 12.4. The van der Waals surface area contributed by atoms with Crippen LogP contribution in [0, 0.1) is 6.92 Å². The molecule has 0 amide bonds. The number of piperidine rings is 1. The van der Waals surface area contributed by atoms with Crippen LogP contribution in [0.25, 0.3) is 0 Å². The Bertz CT molecular complexity index is 873. The molecule has 3 rings (SSSR count). The van der Waals surface area contributed by atoms with Gasteiger partial charge in [-0.1, -0.05) is 55.0 Å². The van der Waals surface area contributed by atoms with E-state index in [1.165, 1.54) is 12.1 Å². The molecule has 0 aromatic heterocycles. The summed E-state index contributed by atoms with van der Waals surface area (Å²) in [6.07, 6.45) is 2.51. The highest BCUT2D eigenvalue weighted by Gasteiger charge is 2.42. The van der Waals surface area contributed by atoms with Crippen molar-refractivity contribution in [1.29, 1.82) is 0 Å². The zero-order valence-electron chi connectivity index (χ0n) is 16.9. The van der Waals surface area contributed by atoms with E-state index in [-0.39, 0.29) is 10.9 Å². The van der Waals surface area contributed by atoms with Crippen LogP contribution in [0.1, 0.15) is 37.3 Å². The molecule has 1 aliphatic heterocycles. The summed E-state index contributed by atoms with van der Waals surface area (Å²) in [5.74, 6) is -0.0583. The lowest BCUT2D eigenvalue weighted by molar-refractivity contribution is -0.152. The first-order valence-corrected chi connectivity index (χ1v) is 11.2. The third kappa shape index (κ3) is 6.39. The average Bonchev–Trinajstić information content (AvgIpc) is 2.73. The fourth-order valence-corrected chi connectivity index (χ4v) is 3.74. The first-order chi connectivity index (χ1) is 13.8. The Hall–Kier alpha value is -2.22. The van der Waals surface area contributed by atoms with Crippen LogP contribution in [0.15, 0.2) is 59.5 Å². The SMILES string of the molecule is CCCOC(=O)C1(c2ccccc2)CCNCC1.Cc1ccc(S(=O)(=O)O)cc1. The van der Waals surface area contributed by atoms with Crippen LogP contribution in [-0.2, 0) is 25.1 Å². The molecule has 6 nitrogen and oxygen atoms in total. The summed E-state index contributed by atoms with van der Waals surface area (Å²) in [6.45, 7) is 6.12. The molecule has 0 bridgehead atoms. The van der Waals surface area contributed by atoms with Gasteiger partial charge in [0.25, 0.3) is 10.1 Å². The summed E-state index contributed by atoms with van der Waals surface area (Å²) in [5, 5.41) is 3.31. The van der Waals surface area contributed by atoms with Gasteiger partial charge in [-0.2, -0.15) is 8.42 Å². The zero-order valence-corrected chi connectivity index (χ0v) is 17.7. The van der Waals surface area contributed by atoms with Gasteiger partial charge < -0.3 is 10.1 Å². The number of nitrogens with one attached hydrogen (secondary N) is 1. The van der Waals surface area contributed by atoms with E-state index < -0.39 is 15.5 Å². The average molecular weight is 420 g/mol. The van der Waals surface area contributed by atoms with E-state index >= 15 is 0 Å².